The third-order valence-corrected chi connectivity index (χ3v) is 11.4. The zero-order valence-corrected chi connectivity index (χ0v) is 26.4. The lowest BCUT2D eigenvalue weighted by Crippen LogP contribution is -2.43. The highest BCUT2D eigenvalue weighted by Gasteiger charge is 2.61. The van der Waals surface area contributed by atoms with Crippen LogP contribution in [-0.4, -0.2) is 52.8 Å². The maximum atomic E-state index is 14.0. The molecule has 0 spiro atoms. The van der Waals surface area contributed by atoms with E-state index in [4.69, 9.17) is 9.47 Å². The van der Waals surface area contributed by atoms with Gasteiger partial charge in [-0.2, -0.15) is 0 Å². The van der Waals surface area contributed by atoms with Crippen LogP contribution in [0.3, 0.4) is 0 Å². The van der Waals surface area contributed by atoms with Gasteiger partial charge in [0, 0.05) is 15.7 Å². The number of thiophene rings is 2. The van der Waals surface area contributed by atoms with E-state index < -0.39 is 29.6 Å². The van der Waals surface area contributed by atoms with Crippen molar-refractivity contribution in [2.45, 2.75) is 25.9 Å². The Labute approximate surface area is 268 Å². The van der Waals surface area contributed by atoms with Gasteiger partial charge in [0.05, 0.1) is 51.0 Å². The number of hydrogen-bond acceptors (Lipinski definition) is 9. The van der Waals surface area contributed by atoms with Crippen LogP contribution in [0.2, 0.25) is 0 Å². The van der Waals surface area contributed by atoms with Gasteiger partial charge in [-0.1, -0.05) is 35.9 Å². The molecule has 2 saturated heterocycles. The number of nitrogens with zero attached hydrogens (tertiary/aromatic N) is 2. The topological polar surface area (TPSA) is 113 Å². The number of carbonyl (C=O) groups is 4. The monoisotopic (exact) mass is 644 g/mol. The second-order valence-corrected chi connectivity index (χ2v) is 14.0. The maximum absolute atomic E-state index is 14.0. The Morgan fingerprint density at radius 2 is 1.40 bits per heavy atom. The van der Waals surface area contributed by atoms with E-state index in [2.05, 4.69) is 0 Å². The van der Waals surface area contributed by atoms with Crippen molar-refractivity contribution in [3.05, 3.63) is 80.2 Å². The summed E-state index contributed by atoms with van der Waals surface area (Å²) in [7, 11) is 2.91. The summed E-state index contributed by atoms with van der Waals surface area (Å²) < 4.78 is 10.7. The second kappa shape index (κ2) is 11.6. The summed E-state index contributed by atoms with van der Waals surface area (Å²) >= 11 is 3.00. The van der Waals surface area contributed by atoms with Crippen LogP contribution >= 0.6 is 22.7 Å². The number of phenols is 1. The van der Waals surface area contributed by atoms with Gasteiger partial charge in [-0.25, -0.2) is 0 Å². The van der Waals surface area contributed by atoms with Gasteiger partial charge in [0.2, 0.25) is 29.4 Å². The molecule has 4 amide bonds. The number of rotatable bonds is 8. The van der Waals surface area contributed by atoms with Gasteiger partial charge in [-0.15, -0.1) is 22.7 Å². The quantitative estimate of drug-likeness (QED) is 0.268. The minimum Gasteiger partial charge on any atom is -0.502 e. The van der Waals surface area contributed by atoms with Gasteiger partial charge in [-0.3, -0.25) is 29.0 Å². The number of hydrogen-bond donors (Lipinski definition) is 1. The minimum atomic E-state index is -0.622. The molecule has 4 heterocycles. The van der Waals surface area contributed by atoms with Crippen molar-refractivity contribution in [3.63, 3.8) is 0 Å². The molecule has 9 nitrogen and oxygen atoms in total. The summed E-state index contributed by atoms with van der Waals surface area (Å²) in [5.74, 6) is -3.53. The van der Waals surface area contributed by atoms with E-state index in [0.717, 1.165) is 15.3 Å². The SMILES string of the molecule is COc1cc(C=CC2C3=CCC4C(=O)N(Cc5cccs5)C(=O)C4C3CC3C(=O)N(Cc4cccs4)C(=O)C23)cc(OC)c1O. The summed E-state index contributed by atoms with van der Waals surface area (Å²) in [6.45, 7) is 0.462. The second-order valence-electron chi connectivity index (χ2n) is 11.9. The lowest BCUT2D eigenvalue weighted by molar-refractivity contribution is -0.142. The Balaban J connectivity index is 1.27. The van der Waals surface area contributed by atoms with Crippen LogP contribution in [0.4, 0.5) is 0 Å². The van der Waals surface area contributed by atoms with Crippen molar-refractivity contribution in [2.75, 3.05) is 14.2 Å². The third-order valence-electron chi connectivity index (χ3n) is 9.67. The Bertz CT molecular complexity index is 1700. The van der Waals surface area contributed by atoms with E-state index in [-0.39, 0.29) is 59.9 Å². The number of carbonyl (C=O) groups excluding carboxylic acids is 4. The molecule has 6 unspecified atom stereocenters. The number of ether oxygens (including phenoxy) is 2. The predicted molar refractivity (Wildman–Crippen MR) is 168 cm³/mol. The number of allylic oxidation sites excluding steroid dienone is 3. The molecule has 11 heteroatoms. The summed E-state index contributed by atoms with van der Waals surface area (Å²) in [6, 6.07) is 11.0. The standard InChI is InChI=1S/C34H32N2O7S2/c1-42-26-13-18(14-27(43-2)30(26)37)7-8-22-21-9-10-23-29(34(41)35(31(23)38)16-19-5-3-11-44-19)24(21)15-25-28(22)33(40)36(32(25)39)17-20-6-4-12-45-20/h3-9,11-14,22-25,28-29,37H,10,15-17H2,1-2H3. The highest BCUT2D eigenvalue weighted by atomic mass is 32.1. The molecule has 1 aromatic carbocycles. The lowest BCUT2D eigenvalue weighted by Gasteiger charge is -2.42. The molecule has 2 aliphatic heterocycles. The average Bonchev–Trinajstić information content (AvgIpc) is 3.85. The van der Waals surface area contributed by atoms with Gasteiger partial charge in [0.25, 0.3) is 0 Å². The summed E-state index contributed by atoms with van der Waals surface area (Å²) in [5, 5.41) is 14.3. The van der Waals surface area contributed by atoms with E-state index >= 15 is 0 Å². The fourth-order valence-electron chi connectivity index (χ4n) is 7.63. The average molecular weight is 645 g/mol. The van der Waals surface area contributed by atoms with Crippen molar-refractivity contribution < 1.29 is 33.8 Å². The van der Waals surface area contributed by atoms with Gasteiger partial charge in [0.1, 0.15) is 0 Å². The highest BCUT2D eigenvalue weighted by Crippen LogP contribution is 2.55. The van der Waals surface area contributed by atoms with Crippen molar-refractivity contribution in [2.24, 2.45) is 35.5 Å². The van der Waals surface area contributed by atoms with Crippen LogP contribution in [0, 0.1) is 35.5 Å². The summed E-state index contributed by atoms with van der Waals surface area (Å²) in [4.78, 5) is 60.1. The number of aromatic hydroxyl groups is 1. The van der Waals surface area contributed by atoms with Crippen molar-refractivity contribution in [1.29, 1.82) is 0 Å². The third kappa shape index (κ3) is 4.89. The number of phenolic OH excluding ortho intramolecular Hbond substituents is 1. The molecular weight excluding hydrogens is 613 g/mol. The van der Waals surface area contributed by atoms with E-state index in [1.807, 2.05) is 53.3 Å². The van der Waals surface area contributed by atoms with Crippen LogP contribution in [0.15, 0.2) is 64.9 Å². The normalized spacial score (nSPS) is 27.6. The Morgan fingerprint density at radius 3 is 1.96 bits per heavy atom. The molecular formula is C34H32N2O7S2. The number of amides is 4. The van der Waals surface area contributed by atoms with Crippen LogP contribution in [-0.2, 0) is 32.3 Å². The van der Waals surface area contributed by atoms with Crippen LogP contribution < -0.4 is 9.47 Å². The number of imide groups is 2. The van der Waals surface area contributed by atoms with Crippen LogP contribution in [0.1, 0.15) is 28.2 Å². The smallest absolute Gasteiger partial charge is 0.234 e. The molecule has 3 fully saturated rings. The molecule has 1 N–H and O–H groups in total. The first-order valence-electron chi connectivity index (χ1n) is 14.9. The van der Waals surface area contributed by atoms with E-state index in [0.29, 0.717) is 18.4 Å². The Kier molecular flexibility index (Phi) is 7.61. The lowest BCUT2D eigenvalue weighted by atomic mass is 9.58. The molecule has 0 bridgehead atoms. The molecule has 1 saturated carbocycles. The number of benzene rings is 1. The Morgan fingerprint density at radius 1 is 0.822 bits per heavy atom. The molecule has 7 rings (SSSR count). The summed E-state index contributed by atoms with van der Waals surface area (Å²) in [6.07, 6.45) is 6.55. The Hall–Kier alpha value is -4.22. The largest absolute Gasteiger partial charge is 0.502 e. The maximum Gasteiger partial charge on any atom is 0.234 e. The van der Waals surface area contributed by atoms with E-state index in [1.54, 1.807) is 12.1 Å². The van der Waals surface area contributed by atoms with Crippen molar-refractivity contribution >= 4 is 52.4 Å². The van der Waals surface area contributed by atoms with Gasteiger partial charge >= 0.3 is 0 Å². The first-order valence-corrected chi connectivity index (χ1v) is 16.6. The minimum absolute atomic E-state index is 0.117. The molecule has 0 radical (unpaired) electrons. The van der Waals surface area contributed by atoms with Crippen LogP contribution in [0.25, 0.3) is 6.08 Å². The summed E-state index contributed by atoms with van der Waals surface area (Å²) in [5.41, 5.74) is 1.61. The number of methoxy groups -OCH3 is 2. The number of fused-ring (bicyclic) bond motifs is 4. The molecule has 2 aromatic heterocycles. The highest BCUT2D eigenvalue weighted by molar-refractivity contribution is 7.10. The fourth-order valence-corrected chi connectivity index (χ4v) is 9.02. The molecule has 232 valence electrons. The molecule has 4 aliphatic rings. The molecule has 3 aromatic rings. The zero-order chi connectivity index (χ0) is 31.4. The zero-order valence-electron chi connectivity index (χ0n) is 24.8. The number of likely N-dealkylation sites (tertiary alicyclic amines) is 2. The van der Waals surface area contributed by atoms with Gasteiger partial charge in [-0.05, 0) is 59.3 Å². The fraction of sp³-hybridized carbons (Fsp3) is 0.353. The van der Waals surface area contributed by atoms with Gasteiger partial charge < -0.3 is 14.6 Å². The molecule has 6 atom stereocenters. The van der Waals surface area contributed by atoms with E-state index in [1.165, 1.54) is 46.7 Å². The predicted octanol–water partition coefficient (Wildman–Crippen LogP) is 5.11. The first kappa shape index (κ1) is 29.5. The van der Waals surface area contributed by atoms with Crippen LogP contribution in [0.5, 0.6) is 17.2 Å². The first-order chi connectivity index (χ1) is 21.8. The molecule has 2 aliphatic carbocycles. The van der Waals surface area contributed by atoms with Gasteiger partial charge in [0.15, 0.2) is 11.5 Å². The van der Waals surface area contributed by atoms with E-state index in [9.17, 15) is 24.3 Å². The van der Waals surface area contributed by atoms with Crippen molar-refractivity contribution in [1.82, 2.24) is 9.80 Å². The van der Waals surface area contributed by atoms with Crippen molar-refractivity contribution in [3.8, 4) is 17.2 Å². The molecule has 45 heavy (non-hydrogen) atoms.